The third-order valence-electron chi connectivity index (χ3n) is 3.00. The van der Waals surface area contributed by atoms with Crippen molar-refractivity contribution >= 4 is 23.8 Å². The number of aryl methyl sites for hydroxylation is 1. The standard InChI is InChI=1S/C17H26N2O4S/c1-17(2,3)23-16(21)18-14(15(20)19-22)12-24-11-7-10-13-8-5-4-6-9-13/h4-6,8-9,14,22H,7,10-12H2,1-3H3,(H,18,21)(H,19,20)/t14-/m1/s1. The molecule has 0 aromatic heterocycles. The molecule has 1 aromatic carbocycles. The lowest BCUT2D eigenvalue weighted by molar-refractivity contribution is -0.130. The third kappa shape index (κ3) is 8.79. The second-order valence-corrected chi connectivity index (χ2v) is 7.49. The Kier molecular flexibility index (Phi) is 8.63. The molecule has 24 heavy (non-hydrogen) atoms. The molecule has 0 aliphatic heterocycles. The van der Waals surface area contributed by atoms with Crippen molar-refractivity contribution in [3.63, 3.8) is 0 Å². The van der Waals surface area contributed by atoms with E-state index < -0.39 is 23.6 Å². The van der Waals surface area contributed by atoms with E-state index in [0.717, 1.165) is 18.6 Å². The molecule has 0 aliphatic carbocycles. The van der Waals surface area contributed by atoms with Crippen molar-refractivity contribution < 1.29 is 19.5 Å². The van der Waals surface area contributed by atoms with E-state index in [-0.39, 0.29) is 0 Å². The molecule has 0 aliphatic rings. The normalized spacial score (nSPS) is 12.3. The van der Waals surface area contributed by atoms with Crippen LogP contribution in [0.5, 0.6) is 0 Å². The molecule has 1 rings (SSSR count). The van der Waals surface area contributed by atoms with Gasteiger partial charge in [0.25, 0.3) is 5.91 Å². The van der Waals surface area contributed by atoms with E-state index >= 15 is 0 Å². The molecule has 7 heteroatoms. The summed E-state index contributed by atoms with van der Waals surface area (Å²) in [6.45, 7) is 5.23. The maximum atomic E-state index is 11.8. The van der Waals surface area contributed by atoms with Gasteiger partial charge in [-0.15, -0.1) is 0 Å². The van der Waals surface area contributed by atoms with Gasteiger partial charge in [-0.2, -0.15) is 11.8 Å². The van der Waals surface area contributed by atoms with Gasteiger partial charge in [-0.3, -0.25) is 10.0 Å². The summed E-state index contributed by atoms with van der Waals surface area (Å²) in [5, 5.41) is 11.3. The van der Waals surface area contributed by atoms with Crippen LogP contribution in [0.25, 0.3) is 0 Å². The molecule has 2 amide bonds. The Balaban J connectivity index is 2.35. The second-order valence-electron chi connectivity index (χ2n) is 6.34. The van der Waals surface area contributed by atoms with Crippen LogP contribution in [0, 0.1) is 0 Å². The van der Waals surface area contributed by atoms with E-state index in [1.165, 1.54) is 5.56 Å². The first kappa shape index (κ1) is 20.3. The van der Waals surface area contributed by atoms with Gasteiger partial charge in [0.15, 0.2) is 0 Å². The van der Waals surface area contributed by atoms with E-state index in [2.05, 4.69) is 17.4 Å². The molecule has 1 aromatic rings. The fourth-order valence-corrected chi connectivity index (χ4v) is 2.92. The van der Waals surface area contributed by atoms with E-state index in [9.17, 15) is 9.59 Å². The van der Waals surface area contributed by atoms with Gasteiger partial charge in [-0.25, -0.2) is 10.3 Å². The molecule has 1 atom stereocenters. The Morgan fingerprint density at radius 1 is 1.25 bits per heavy atom. The maximum absolute atomic E-state index is 11.8. The van der Waals surface area contributed by atoms with Crippen molar-refractivity contribution in [2.45, 2.75) is 45.3 Å². The topological polar surface area (TPSA) is 87.7 Å². The summed E-state index contributed by atoms with van der Waals surface area (Å²) in [5.41, 5.74) is 2.20. The van der Waals surface area contributed by atoms with Crippen LogP contribution in [-0.2, 0) is 16.0 Å². The molecule has 0 spiro atoms. The summed E-state index contributed by atoms with van der Waals surface area (Å²) in [7, 11) is 0. The SMILES string of the molecule is CC(C)(C)OC(=O)N[C@H](CSCCCc1ccccc1)C(=O)NO. The molecule has 0 fully saturated rings. The number of carbonyl (C=O) groups is 2. The highest BCUT2D eigenvalue weighted by Crippen LogP contribution is 2.11. The van der Waals surface area contributed by atoms with Crippen LogP contribution in [0.15, 0.2) is 30.3 Å². The van der Waals surface area contributed by atoms with Crippen LogP contribution in [-0.4, -0.2) is 40.4 Å². The average molecular weight is 354 g/mol. The predicted octanol–water partition coefficient (Wildman–Crippen LogP) is 2.75. The predicted molar refractivity (Wildman–Crippen MR) is 95.2 cm³/mol. The smallest absolute Gasteiger partial charge is 0.408 e. The Labute approximate surface area is 147 Å². The summed E-state index contributed by atoms with van der Waals surface area (Å²) in [6.07, 6.45) is 1.25. The first-order valence-corrected chi connectivity index (χ1v) is 9.02. The number of rotatable bonds is 8. The fourth-order valence-electron chi connectivity index (χ4n) is 1.93. The number of hydrogen-bond acceptors (Lipinski definition) is 5. The first-order chi connectivity index (χ1) is 11.3. The Morgan fingerprint density at radius 3 is 2.50 bits per heavy atom. The van der Waals surface area contributed by atoms with Crippen LogP contribution in [0.2, 0.25) is 0 Å². The van der Waals surface area contributed by atoms with Crippen molar-refractivity contribution in [3.05, 3.63) is 35.9 Å². The summed E-state index contributed by atoms with van der Waals surface area (Å²) >= 11 is 1.54. The summed E-state index contributed by atoms with van der Waals surface area (Å²) in [4.78, 5) is 23.4. The van der Waals surface area contributed by atoms with Gasteiger partial charge in [-0.1, -0.05) is 30.3 Å². The van der Waals surface area contributed by atoms with Gasteiger partial charge in [-0.05, 0) is 44.9 Å². The molecule has 0 radical (unpaired) electrons. The molecule has 3 N–H and O–H groups in total. The minimum absolute atomic E-state index is 0.362. The van der Waals surface area contributed by atoms with Gasteiger partial charge in [0.1, 0.15) is 11.6 Å². The van der Waals surface area contributed by atoms with Crippen molar-refractivity contribution in [1.29, 1.82) is 0 Å². The third-order valence-corrected chi connectivity index (χ3v) is 4.15. The van der Waals surface area contributed by atoms with Crippen LogP contribution < -0.4 is 10.8 Å². The zero-order valence-electron chi connectivity index (χ0n) is 14.4. The number of thioether (sulfide) groups is 1. The number of hydroxylamine groups is 1. The van der Waals surface area contributed by atoms with Gasteiger partial charge in [0, 0.05) is 5.75 Å². The Morgan fingerprint density at radius 2 is 1.92 bits per heavy atom. The van der Waals surface area contributed by atoms with Gasteiger partial charge < -0.3 is 10.1 Å². The van der Waals surface area contributed by atoms with Crippen molar-refractivity contribution in [2.75, 3.05) is 11.5 Å². The number of alkyl carbamates (subject to hydrolysis) is 1. The number of ether oxygens (including phenoxy) is 1. The number of hydrogen-bond donors (Lipinski definition) is 3. The van der Waals surface area contributed by atoms with Crippen LogP contribution in [0.3, 0.4) is 0 Å². The highest BCUT2D eigenvalue weighted by atomic mass is 32.2. The molecule has 0 saturated heterocycles. The van der Waals surface area contributed by atoms with Gasteiger partial charge in [0.2, 0.25) is 0 Å². The largest absolute Gasteiger partial charge is 0.444 e. The zero-order chi connectivity index (χ0) is 18.0. The van der Waals surface area contributed by atoms with E-state index in [4.69, 9.17) is 9.94 Å². The van der Waals surface area contributed by atoms with E-state index in [1.807, 2.05) is 18.2 Å². The maximum Gasteiger partial charge on any atom is 0.408 e. The van der Waals surface area contributed by atoms with Crippen molar-refractivity contribution in [3.8, 4) is 0 Å². The lowest BCUT2D eigenvalue weighted by Crippen LogP contribution is -2.49. The number of benzene rings is 1. The fraction of sp³-hybridized carbons (Fsp3) is 0.529. The molecule has 6 nitrogen and oxygen atoms in total. The van der Waals surface area contributed by atoms with Crippen LogP contribution in [0.1, 0.15) is 32.8 Å². The summed E-state index contributed by atoms with van der Waals surface area (Å²) in [6, 6.07) is 9.32. The molecular formula is C17H26N2O4S. The van der Waals surface area contributed by atoms with Crippen molar-refractivity contribution in [2.24, 2.45) is 0 Å². The molecule has 0 unspecified atom stereocenters. The molecule has 134 valence electrons. The molecule has 0 bridgehead atoms. The monoisotopic (exact) mass is 354 g/mol. The van der Waals surface area contributed by atoms with E-state index in [1.54, 1.807) is 38.0 Å². The number of nitrogens with one attached hydrogen (secondary N) is 2. The Bertz CT molecular complexity index is 517. The molecule has 0 heterocycles. The van der Waals surface area contributed by atoms with Crippen LogP contribution >= 0.6 is 11.8 Å². The average Bonchev–Trinajstić information content (AvgIpc) is 2.52. The van der Waals surface area contributed by atoms with Crippen molar-refractivity contribution in [1.82, 2.24) is 10.8 Å². The lowest BCUT2D eigenvalue weighted by atomic mass is 10.1. The summed E-state index contributed by atoms with van der Waals surface area (Å²) < 4.78 is 5.13. The highest BCUT2D eigenvalue weighted by molar-refractivity contribution is 7.99. The lowest BCUT2D eigenvalue weighted by Gasteiger charge is -2.22. The number of carbonyl (C=O) groups excluding carboxylic acids is 2. The highest BCUT2D eigenvalue weighted by Gasteiger charge is 2.24. The quantitative estimate of drug-likeness (QED) is 0.380. The van der Waals surface area contributed by atoms with Crippen LogP contribution in [0.4, 0.5) is 4.79 Å². The van der Waals surface area contributed by atoms with Gasteiger partial charge in [0.05, 0.1) is 0 Å². The Hall–Kier alpha value is -1.73. The van der Waals surface area contributed by atoms with E-state index in [0.29, 0.717) is 5.75 Å². The molecule has 0 saturated carbocycles. The first-order valence-electron chi connectivity index (χ1n) is 7.87. The minimum Gasteiger partial charge on any atom is -0.444 e. The number of amides is 2. The second kappa shape index (κ2) is 10.2. The van der Waals surface area contributed by atoms with Gasteiger partial charge >= 0.3 is 6.09 Å². The summed E-state index contributed by atoms with van der Waals surface area (Å²) in [5.74, 6) is 0.553. The minimum atomic E-state index is -0.841. The molecular weight excluding hydrogens is 328 g/mol. The zero-order valence-corrected chi connectivity index (χ0v) is 15.2.